The Kier molecular flexibility index (Phi) is 5.38. The van der Waals surface area contributed by atoms with Gasteiger partial charge in [-0.05, 0) is 17.7 Å². The maximum Gasteiger partial charge on any atom is 0.416 e. The number of halogens is 8. The summed E-state index contributed by atoms with van der Waals surface area (Å²) in [5, 5.41) is 2.88. The number of hydrogen-bond acceptors (Lipinski definition) is 2. The summed E-state index contributed by atoms with van der Waals surface area (Å²) >= 11 is 0. The molecule has 1 aromatic carbocycles. The zero-order chi connectivity index (χ0) is 18.1. The van der Waals surface area contributed by atoms with E-state index < -0.39 is 41.5 Å². The van der Waals surface area contributed by atoms with Crippen molar-refractivity contribution in [1.29, 1.82) is 0 Å². The van der Waals surface area contributed by atoms with Crippen molar-refractivity contribution in [2.75, 3.05) is 26.2 Å². The second-order valence-corrected chi connectivity index (χ2v) is 5.36. The molecule has 0 aliphatic carbocycles. The van der Waals surface area contributed by atoms with Crippen LogP contribution in [0.5, 0.6) is 0 Å². The van der Waals surface area contributed by atoms with Gasteiger partial charge in [0, 0.05) is 26.2 Å². The van der Waals surface area contributed by atoms with Gasteiger partial charge in [-0.15, -0.1) is 0 Å². The summed E-state index contributed by atoms with van der Waals surface area (Å²) in [4.78, 5) is 1.15. The summed E-state index contributed by atoms with van der Waals surface area (Å²) in [6.07, 6.45) is -13.3. The largest absolute Gasteiger partial charge is 0.416 e. The monoisotopic (exact) mass is 362 g/mol. The molecule has 0 bridgehead atoms. The van der Waals surface area contributed by atoms with E-state index in [0.29, 0.717) is 25.2 Å². The third kappa shape index (κ3) is 4.15. The molecule has 1 N–H and O–H groups in total. The van der Waals surface area contributed by atoms with Gasteiger partial charge in [-0.3, -0.25) is 4.90 Å². The number of nitrogens with one attached hydrogen (secondary N) is 1. The quantitative estimate of drug-likeness (QED) is 0.820. The lowest BCUT2D eigenvalue weighted by Crippen LogP contribution is -2.47. The van der Waals surface area contributed by atoms with E-state index in [0.717, 1.165) is 4.90 Å². The van der Waals surface area contributed by atoms with Crippen LogP contribution in [0.25, 0.3) is 0 Å². The molecule has 2 nitrogen and oxygen atoms in total. The predicted octanol–water partition coefficient (Wildman–Crippen LogP) is 3.94. The number of rotatable bonds is 3. The van der Waals surface area contributed by atoms with E-state index >= 15 is 0 Å². The average molecular weight is 362 g/mol. The Bertz CT molecular complexity index is 561. The van der Waals surface area contributed by atoms with Crippen LogP contribution in [0.1, 0.15) is 22.7 Å². The second kappa shape index (κ2) is 6.83. The highest BCUT2D eigenvalue weighted by Crippen LogP contribution is 2.41. The molecule has 1 aliphatic rings. The molecule has 1 heterocycles. The van der Waals surface area contributed by atoms with Crippen LogP contribution in [-0.4, -0.2) is 37.5 Å². The molecule has 0 aromatic heterocycles. The molecule has 1 aliphatic heterocycles. The molecular formula is C14H14F8N2. The fourth-order valence-electron chi connectivity index (χ4n) is 2.69. The van der Waals surface area contributed by atoms with Crippen LogP contribution in [0.2, 0.25) is 0 Å². The standard InChI is InChI=1S/C14H14F8N2/c15-12(16)11(24-5-3-23-4-6-24)9-2-1-8(13(17,18)19)7-10(9)14(20,21)22/h1-2,7,11-12,23H,3-6H2/t11-/m0/s1. The highest BCUT2D eigenvalue weighted by Gasteiger charge is 2.42. The Morgan fingerprint density at radius 1 is 0.917 bits per heavy atom. The molecule has 1 fully saturated rings. The minimum absolute atomic E-state index is 0.0767. The van der Waals surface area contributed by atoms with Gasteiger partial charge in [0.05, 0.1) is 17.2 Å². The number of piperazine rings is 1. The molecule has 0 amide bonds. The van der Waals surface area contributed by atoms with Crippen LogP contribution < -0.4 is 5.32 Å². The van der Waals surface area contributed by atoms with Gasteiger partial charge in [0.25, 0.3) is 6.43 Å². The van der Waals surface area contributed by atoms with Crippen molar-refractivity contribution in [1.82, 2.24) is 10.2 Å². The van der Waals surface area contributed by atoms with E-state index in [4.69, 9.17) is 0 Å². The molecule has 24 heavy (non-hydrogen) atoms. The van der Waals surface area contributed by atoms with Gasteiger partial charge < -0.3 is 5.32 Å². The Hall–Kier alpha value is -1.42. The summed E-state index contributed by atoms with van der Waals surface area (Å²) in [6.45, 7) is 0.775. The lowest BCUT2D eigenvalue weighted by Gasteiger charge is -2.35. The van der Waals surface area contributed by atoms with Crippen LogP contribution in [0.4, 0.5) is 35.1 Å². The minimum atomic E-state index is -5.17. The first-order valence-corrected chi connectivity index (χ1v) is 7.03. The zero-order valence-corrected chi connectivity index (χ0v) is 12.2. The Morgan fingerprint density at radius 3 is 1.96 bits per heavy atom. The highest BCUT2D eigenvalue weighted by molar-refractivity contribution is 5.38. The Morgan fingerprint density at radius 2 is 1.50 bits per heavy atom. The summed E-state index contributed by atoms with van der Waals surface area (Å²) in [5.41, 5.74) is -4.04. The normalized spacial score (nSPS) is 18.9. The van der Waals surface area contributed by atoms with Gasteiger partial charge in [0.15, 0.2) is 0 Å². The van der Waals surface area contributed by atoms with Crippen LogP contribution >= 0.6 is 0 Å². The summed E-state index contributed by atoms with van der Waals surface area (Å²) in [6, 6.07) is -1.11. The molecular weight excluding hydrogens is 348 g/mol. The maximum atomic E-state index is 13.4. The lowest BCUT2D eigenvalue weighted by molar-refractivity contribution is -0.144. The first-order valence-electron chi connectivity index (χ1n) is 7.03. The van der Waals surface area contributed by atoms with Gasteiger partial charge in [-0.1, -0.05) is 6.07 Å². The molecule has 1 aromatic rings. The van der Waals surface area contributed by atoms with Crippen molar-refractivity contribution >= 4 is 0 Å². The van der Waals surface area contributed by atoms with E-state index in [2.05, 4.69) is 5.32 Å². The van der Waals surface area contributed by atoms with E-state index in [9.17, 15) is 35.1 Å². The lowest BCUT2D eigenvalue weighted by atomic mass is 9.95. The van der Waals surface area contributed by atoms with Gasteiger partial charge in [0.2, 0.25) is 0 Å². The molecule has 0 saturated carbocycles. The van der Waals surface area contributed by atoms with Crippen LogP contribution in [0, 0.1) is 0 Å². The maximum absolute atomic E-state index is 13.4. The van der Waals surface area contributed by atoms with E-state index in [1.807, 2.05) is 0 Å². The van der Waals surface area contributed by atoms with E-state index in [1.54, 1.807) is 0 Å². The number of nitrogens with zero attached hydrogens (tertiary/aromatic N) is 1. The number of hydrogen-bond donors (Lipinski definition) is 1. The van der Waals surface area contributed by atoms with Gasteiger partial charge in [0.1, 0.15) is 0 Å². The van der Waals surface area contributed by atoms with Crippen molar-refractivity contribution in [3.8, 4) is 0 Å². The van der Waals surface area contributed by atoms with Gasteiger partial charge in [-0.2, -0.15) is 26.3 Å². The van der Waals surface area contributed by atoms with Gasteiger partial charge in [-0.25, -0.2) is 8.78 Å². The number of benzene rings is 1. The predicted molar refractivity (Wildman–Crippen MR) is 69.6 cm³/mol. The molecule has 10 heteroatoms. The average Bonchev–Trinajstić information content (AvgIpc) is 2.46. The molecule has 0 radical (unpaired) electrons. The topological polar surface area (TPSA) is 15.3 Å². The molecule has 1 atom stereocenters. The van der Waals surface area contributed by atoms with Gasteiger partial charge >= 0.3 is 12.4 Å². The summed E-state index contributed by atoms with van der Waals surface area (Å²) in [5.74, 6) is 0. The molecule has 136 valence electrons. The molecule has 1 saturated heterocycles. The number of alkyl halides is 8. The molecule has 2 rings (SSSR count). The second-order valence-electron chi connectivity index (χ2n) is 5.36. The summed E-state index contributed by atoms with van der Waals surface area (Å²) in [7, 11) is 0. The SMILES string of the molecule is FC(F)[C@H](c1ccc(C(F)(F)F)cc1C(F)(F)F)N1CCNCC1. The fourth-order valence-corrected chi connectivity index (χ4v) is 2.69. The van der Waals surface area contributed by atoms with Crippen LogP contribution in [0.3, 0.4) is 0 Å². The fraction of sp³-hybridized carbons (Fsp3) is 0.571. The third-order valence-corrected chi connectivity index (χ3v) is 3.79. The molecule has 0 spiro atoms. The molecule has 0 unspecified atom stereocenters. The van der Waals surface area contributed by atoms with Crippen molar-refractivity contribution < 1.29 is 35.1 Å². The first-order chi connectivity index (χ1) is 11.0. The summed E-state index contributed by atoms with van der Waals surface area (Å²) < 4.78 is 104. The minimum Gasteiger partial charge on any atom is -0.314 e. The van der Waals surface area contributed by atoms with Crippen molar-refractivity contribution in [3.05, 3.63) is 34.9 Å². The van der Waals surface area contributed by atoms with E-state index in [1.165, 1.54) is 0 Å². The van der Waals surface area contributed by atoms with Crippen molar-refractivity contribution in [2.45, 2.75) is 24.8 Å². The zero-order valence-electron chi connectivity index (χ0n) is 12.2. The Labute approximate surface area is 132 Å². The smallest absolute Gasteiger partial charge is 0.314 e. The van der Waals surface area contributed by atoms with Crippen molar-refractivity contribution in [3.63, 3.8) is 0 Å². The van der Waals surface area contributed by atoms with Crippen LogP contribution in [-0.2, 0) is 12.4 Å². The van der Waals surface area contributed by atoms with E-state index in [-0.39, 0.29) is 19.2 Å². The third-order valence-electron chi connectivity index (χ3n) is 3.79. The van der Waals surface area contributed by atoms with Crippen molar-refractivity contribution in [2.24, 2.45) is 0 Å². The first kappa shape index (κ1) is 18.9. The van der Waals surface area contributed by atoms with Crippen LogP contribution in [0.15, 0.2) is 18.2 Å². The Balaban J connectivity index is 2.53. The highest BCUT2D eigenvalue weighted by atomic mass is 19.4.